The first-order chi connectivity index (χ1) is 9.67. The molecule has 106 valence electrons. The third-order valence-corrected chi connectivity index (χ3v) is 2.94. The molecule has 0 fully saturated rings. The number of hydrogen-bond acceptors (Lipinski definition) is 4. The fraction of sp³-hybridized carbons (Fsp3) is 0.333. The van der Waals surface area contributed by atoms with Crippen molar-refractivity contribution in [3.05, 3.63) is 40.2 Å². The number of aromatic nitrogens is 2. The van der Waals surface area contributed by atoms with Crippen LogP contribution in [0.1, 0.15) is 25.8 Å². The van der Waals surface area contributed by atoms with Gasteiger partial charge >= 0.3 is 0 Å². The highest BCUT2D eigenvalue weighted by atomic mass is 16.5. The number of aromatic amines is 1. The first-order valence-corrected chi connectivity index (χ1v) is 6.71. The van der Waals surface area contributed by atoms with Gasteiger partial charge in [0.05, 0.1) is 17.7 Å². The number of benzene rings is 1. The van der Waals surface area contributed by atoms with E-state index in [9.17, 15) is 9.90 Å². The number of hydrogen-bond donors (Lipinski definition) is 2. The van der Waals surface area contributed by atoms with Gasteiger partial charge < -0.3 is 14.8 Å². The second-order valence-electron chi connectivity index (χ2n) is 4.40. The average Bonchev–Trinajstić information content (AvgIpc) is 2.43. The summed E-state index contributed by atoms with van der Waals surface area (Å²) in [5, 5.41) is 9.91. The topological polar surface area (TPSA) is 75.2 Å². The predicted molar refractivity (Wildman–Crippen MR) is 77.1 cm³/mol. The van der Waals surface area contributed by atoms with Gasteiger partial charge in [-0.3, -0.25) is 4.79 Å². The third kappa shape index (κ3) is 2.82. The molecule has 20 heavy (non-hydrogen) atoms. The summed E-state index contributed by atoms with van der Waals surface area (Å²) < 4.78 is 5.51. The van der Waals surface area contributed by atoms with Crippen molar-refractivity contribution in [2.45, 2.75) is 26.7 Å². The number of nitrogens with one attached hydrogen (secondary N) is 1. The van der Waals surface area contributed by atoms with Crippen LogP contribution in [0.25, 0.3) is 11.4 Å². The van der Waals surface area contributed by atoms with E-state index in [1.165, 1.54) is 0 Å². The van der Waals surface area contributed by atoms with Gasteiger partial charge in [0.2, 0.25) is 5.88 Å². The van der Waals surface area contributed by atoms with Gasteiger partial charge in [0, 0.05) is 0 Å². The van der Waals surface area contributed by atoms with Crippen LogP contribution in [0, 0.1) is 0 Å². The van der Waals surface area contributed by atoms with Gasteiger partial charge in [-0.2, -0.15) is 4.98 Å². The molecule has 0 saturated carbocycles. The van der Waals surface area contributed by atoms with Gasteiger partial charge in [0.25, 0.3) is 5.56 Å². The van der Waals surface area contributed by atoms with Gasteiger partial charge in [-0.05, 0) is 25.5 Å². The van der Waals surface area contributed by atoms with Crippen molar-refractivity contribution >= 4 is 0 Å². The quantitative estimate of drug-likeness (QED) is 0.878. The molecule has 5 heteroatoms. The van der Waals surface area contributed by atoms with E-state index in [-0.39, 0.29) is 11.4 Å². The smallest absolute Gasteiger partial charge is 0.258 e. The maximum Gasteiger partial charge on any atom is 0.258 e. The van der Waals surface area contributed by atoms with E-state index >= 15 is 0 Å². The summed E-state index contributed by atoms with van der Waals surface area (Å²) in [6.45, 7) is 4.34. The molecule has 0 atom stereocenters. The molecule has 1 heterocycles. The number of ether oxygens (including phenoxy) is 1. The molecule has 2 N–H and O–H groups in total. The highest BCUT2D eigenvalue weighted by Gasteiger charge is 2.13. The van der Waals surface area contributed by atoms with Crippen molar-refractivity contribution in [3.8, 4) is 23.0 Å². The predicted octanol–water partition coefficient (Wildman–Crippen LogP) is 2.49. The minimum atomic E-state index is -0.305. The number of rotatable bonds is 5. The lowest BCUT2D eigenvalue weighted by atomic mass is 10.1. The van der Waals surface area contributed by atoms with Crippen LogP contribution in [0.3, 0.4) is 0 Å². The molecule has 1 aromatic heterocycles. The van der Waals surface area contributed by atoms with Crippen LogP contribution in [0.2, 0.25) is 0 Å². The lowest BCUT2D eigenvalue weighted by molar-refractivity contribution is 0.341. The fourth-order valence-electron chi connectivity index (χ4n) is 2.03. The fourth-order valence-corrected chi connectivity index (χ4v) is 2.03. The highest BCUT2D eigenvalue weighted by molar-refractivity contribution is 5.64. The number of para-hydroxylation sites is 1. The number of nitrogens with zero attached hydrogens (tertiary/aromatic N) is 1. The Morgan fingerprint density at radius 2 is 2.05 bits per heavy atom. The molecule has 0 unspecified atom stereocenters. The zero-order valence-electron chi connectivity index (χ0n) is 11.6. The van der Waals surface area contributed by atoms with Crippen molar-refractivity contribution in [1.82, 2.24) is 9.97 Å². The van der Waals surface area contributed by atoms with Gasteiger partial charge in [-0.15, -0.1) is 0 Å². The molecule has 5 nitrogen and oxygen atoms in total. The van der Waals surface area contributed by atoms with Crippen molar-refractivity contribution in [2.24, 2.45) is 0 Å². The van der Waals surface area contributed by atoms with Crippen LogP contribution in [0.4, 0.5) is 0 Å². The minimum absolute atomic E-state index is 0.211. The molecule has 0 bridgehead atoms. The normalized spacial score (nSPS) is 10.5. The molecule has 2 rings (SSSR count). The van der Waals surface area contributed by atoms with E-state index in [0.717, 1.165) is 6.42 Å². The van der Waals surface area contributed by atoms with Crippen LogP contribution in [-0.2, 0) is 6.42 Å². The second kappa shape index (κ2) is 6.23. The third-order valence-electron chi connectivity index (χ3n) is 2.94. The first kappa shape index (κ1) is 14.1. The van der Waals surface area contributed by atoms with Crippen molar-refractivity contribution in [2.75, 3.05) is 6.61 Å². The zero-order chi connectivity index (χ0) is 14.5. The maximum atomic E-state index is 12.0. The minimum Gasteiger partial charge on any atom is -0.493 e. The van der Waals surface area contributed by atoms with Crippen LogP contribution >= 0.6 is 0 Å². The molecule has 0 aliphatic carbocycles. The monoisotopic (exact) mass is 274 g/mol. The standard InChI is InChI=1S/C15H18N2O3/c1-3-7-11-14(18)16-13(17-15(11)19)10-8-5-6-9-12(10)20-4-2/h5-6,8-9H,3-4,7H2,1-2H3,(H2,16,17,18,19). The summed E-state index contributed by atoms with van der Waals surface area (Å²) in [5.41, 5.74) is 0.676. The average molecular weight is 274 g/mol. The van der Waals surface area contributed by atoms with Crippen molar-refractivity contribution < 1.29 is 9.84 Å². The zero-order valence-corrected chi connectivity index (χ0v) is 11.6. The largest absolute Gasteiger partial charge is 0.493 e. The molecule has 2 aromatic rings. The summed E-state index contributed by atoms with van der Waals surface area (Å²) >= 11 is 0. The van der Waals surface area contributed by atoms with E-state index in [1.54, 1.807) is 12.1 Å². The molecule has 0 aliphatic rings. The highest BCUT2D eigenvalue weighted by Crippen LogP contribution is 2.27. The lowest BCUT2D eigenvalue weighted by Gasteiger charge is -2.10. The van der Waals surface area contributed by atoms with E-state index < -0.39 is 0 Å². The Bertz CT molecular complexity index is 650. The Morgan fingerprint density at radius 3 is 2.70 bits per heavy atom. The van der Waals surface area contributed by atoms with Gasteiger partial charge in [0.1, 0.15) is 11.6 Å². The van der Waals surface area contributed by atoms with Crippen LogP contribution in [-0.4, -0.2) is 21.7 Å². The molecule has 0 saturated heterocycles. The molecular formula is C15H18N2O3. The summed E-state index contributed by atoms with van der Waals surface area (Å²) in [5.74, 6) is 0.731. The maximum absolute atomic E-state index is 12.0. The van der Waals surface area contributed by atoms with E-state index in [2.05, 4.69) is 9.97 Å². The molecule has 0 spiro atoms. The summed E-state index contributed by atoms with van der Waals surface area (Å²) in [4.78, 5) is 18.8. The molecular weight excluding hydrogens is 256 g/mol. The van der Waals surface area contributed by atoms with Crippen molar-refractivity contribution in [3.63, 3.8) is 0 Å². The molecule has 0 aliphatic heterocycles. The lowest BCUT2D eigenvalue weighted by Crippen LogP contribution is -2.15. The van der Waals surface area contributed by atoms with Gasteiger partial charge in [-0.25, -0.2) is 0 Å². The van der Waals surface area contributed by atoms with Crippen LogP contribution in [0.15, 0.2) is 29.1 Å². The van der Waals surface area contributed by atoms with Gasteiger partial charge in [-0.1, -0.05) is 25.5 Å². The Hall–Kier alpha value is -2.30. The summed E-state index contributed by atoms with van der Waals surface area (Å²) in [7, 11) is 0. The van der Waals surface area contributed by atoms with Crippen molar-refractivity contribution in [1.29, 1.82) is 0 Å². The van der Waals surface area contributed by atoms with E-state index in [1.807, 2.05) is 26.0 Å². The SMILES string of the molecule is CCCc1c(O)nc(-c2ccccc2OCC)[nH]c1=O. The van der Waals surface area contributed by atoms with E-state index in [4.69, 9.17) is 4.74 Å². The van der Waals surface area contributed by atoms with Crippen LogP contribution in [0.5, 0.6) is 11.6 Å². The summed E-state index contributed by atoms with van der Waals surface area (Å²) in [6, 6.07) is 7.27. The number of aromatic hydroxyl groups is 1. The number of H-pyrrole nitrogens is 1. The molecule has 0 radical (unpaired) electrons. The molecule has 0 amide bonds. The Kier molecular flexibility index (Phi) is 4.40. The second-order valence-corrected chi connectivity index (χ2v) is 4.40. The Labute approximate surface area is 117 Å². The first-order valence-electron chi connectivity index (χ1n) is 6.71. The Morgan fingerprint density at radius 1 is 1.30 bits per heavy atom. The van der Waals surface area contributed by atoms with Gasteiger partial charge in [0.15, 0.2) is 0 Å². The molecule has 1 aromatic carbocycles. The Balaban J connectivity index is 2.52. The van der Waals surface area contributed by atoms with E-state index in [0.29, 0.717) is 35.7 Å². The van der Waals surface area contributed by atoms with Crippen LogP contribution < -0.4 is 10.3 Å². The summed E-state index contributed by atoms with van der Waals surface area (Å²) in [6.07, 6.45) is 1.27.